The molecule has 19 heavy (non-hydrogen) atoms. The molecule has 4 heteroatoms. The highest BCUT2D eigenvalue weighted by molar-refractivity contribution is 5.49. The van der Waals surface area contributed by atoms with Crippen LogP contribution in [0.5, 0.6) is 0 Å². The Labute approximate surface area is 125 Å². The van der Waals surface area contributed by atoms with Crippen molar-refractivity contribution in [2.45, 2.75) is 12.8 Å². The number of piperazine rings is 1. The van der Waals surface area contributed by atoms with E-state index in [0.717, 1.165) is 18.7 Å². The monoisotopic (exact) mass is 321 g/mol. The molecule has 2 fully saturated rings. The number of anilines is 1. The van der Waals surface area contributed by atoms with Gasteiger partial charge in [-0.15, -0.1) is 0 Å². The Morgan fingerprint density at radius 2 is 1.53 bits per heavy atom. The Morgan fingerprint density at radius 1 is 0.947 bits per heavy atom. The SMILES string of the molecule is N#Cc1ccc(N2CC[N+]3(CCCC3)CC2)cc1.[Br-]. The van der Waals surface area contributed by atoms with E-state index in [1.807, 2.05) is 12.1 Å². The van der Waals surface area contributed by atoms with Crippen molar-refractivity contribution in [2.75, 3.05) is 44.2 Å². The summed E-state index contributed by atoms with van der Waals surface area (Å²) in [6.07, 6.45) is 2.83. The largest absolute Gasteiger partial charge is 1.00 e. The second-order valence-corrected chi connectivity index (χ2v) is 5.59. The van der Waals surface area contributed by atoms with Gasteiger partial charge in [0, 0.05) is 18.5 Å². The molecule has 1 aromatic carbocycles. The lowest BCUT2D eigenvalue weighted by molar-refractivity contribution is -0.917. The molecule has 3 nitrogen and oxygen atoms in total. The Kier molecular flexibility index (Phi) is 4.49. The van der Waals surface area contributed by atoms with Gasteiger partial charge in [-0.2, -0.15) is 5.26 Å². The zero-order chi connectivity index (χ0) is 12.4. The van der Waals surface area contributed by atoms with Crippen molar-refractivity contribution in [3.05, 3.63) is 29.8 Å². The predicted octanol–water partition coefficient (Wildman–Crippen LogP) is -1.01. The number of halogens is 1. The average Bonchev–Trinajstić information content (AvgIpc) is 2.88. The molecule has 2 heterocycles. The first-order chi connectivity index (χ1) is 8.81. The van der Waals surface area contributed by atoms with E-state index in [0.29, 0.717) is 0 Å². The Hall–Kier alpha value is -1.05. The highest BCUT2D eigenvalue weighted by Crippen LogP contribution is 2.25. The Bertz CT molecular complexity index is 447. The second kappa shape index (κ2) is 5.94. The number of rotatable bonds is 1. The summed E-state index contributed by atoms with van der Waals surface area (Å²) in [5.41, 5.74) is 2.02. The van der Waals surface area contributed by atoms with Crippen molar-refractivity contribution in [1.82, 2.24) is 0 Å². The molecule has 0 N–H and O–H groups in total. The second-order valence-electron chi connectivity index (χ2n) is 5.59. The van der Waals surface area contributed by atoms with Crippen molar-refractivity contribution in [2.24, 2.45) is 0 Å². The highest BCUT2D eigenvalue weighted by atomic mass is 79.9. The van der Waals surface area contributed by atoms with Gasteiger partial charge in [-0.3, -0.25) is 0 Å². The van der Waals surface area contributed by atoms with Crippen molar-refractivity contribution >= 4 is 5.69 Å². The molecule has 2 saturated heterocycles. The minimum atomic E-state index is 0. The summed E-state index contributed by atoms with van der Waals surface area (Å²) in [5, 5.41) is 8.81. The number of nitrogens with zero attached hydrogens (tertiary/aromatic N) is 3. The van der Waals surface area contributed by atoms with Crippen LogP contribution in [0.1, 0.15) is 18.4 Å². The van der Waals surface area contributed by atoms with Gasteiger partial charge in [-0.25, -0.2) is 0 Å². The van der Waals surface area contributed by atoms with Gasteiger partial charge in [0.05, 0.1) is 50.9 Å². The number of hydrogen-bond donors (Lipinski definition) is 0. The third kappa shape index (κ3) is 2.93. The molecular weight excluding hydrogens is 302 g/mol. The fraction of sp³-hybridized carbons (Fsp3) is 0.533. The predicted molar refractivity (Wildman–Crippen MR) is 72.3 cm³/mol. The van der Waals surface area contributed by atoms with Gasteiger partial charge in [0.15, 0.2) is 0 Å². The minimum absolute atomic E-state index is 0. The number of quaternary nitrogens is 1. The van der Waals surface area contributed by atoms with Gasteiger partial charge >= 0.3 is 0 Å². The van der Waals surface area contributed by atoms with E-state index in [-0.39, 0.29) is 17.0 Å². The maximum Gasteiger partial charge on any atom is 0.0991 e. The maximum atomic E-state index is 8.81. The molecule has 102 valence electrons. The molecule has 0 amide bonds. The van der Waals surface area contributed by atoms with Crippen LogP contribution in [0.25, 0.3) is 0 Å². The van der Waals surface area contributed by atoms with Crippen LogP contribution in [0.3, 0.4) is 0 Å². The van der Waals surface area contributed by atoms with Gasteiger partial charge in [0.25, 0.3) is 0 Å². The first kappa shape index (κ1) is 14.4. The van der Waals surface area contributed by atoms with Crippen LogP contribution < -0.4 is 21.9 Å². The van der Waals surface area contributed by atoms with Gasteiger partial charge in [-0.1, -0.05) is 0 Å². The van der Waals surface area contributed by atoms with Crippen LogP contribution in [0.15, 0.2) is 24.3 Å². The van der Waals surface area contributed by atoms with Crippen LogP contribution in [-0.2, 0) is 0 Å². The summed E-state index contributed by atoms with van der Waals surface area (Å²) in [4.78, 5) is 2.46. The van der Waals surface area contributed by atoms with Crippen molar-refractivity contribution < 1.29 is 21.5 Å². The molecule has 2 aliphatic heterocycles. The molecule has 0 aromatic heterocycles. The Balaban J connectivity index is 0.00000133. The molecule has 0 unspecified atom stereocenters. The fourth-order valence-corrected chi connectivity index (χ4v) is 3.35. The van der Waals surface area contributed by atoms with Gasteiger partial charge < -0.3 is 26.4 Å². The van der Waals surface area contributed by atoms with Crippen LogP contribution in [0.2, 0.25) is 0 Å². The molecule has 1 aromatic rings. The molecule has 0 bridgehead atoms. The summed E-state index contributed by atoms with van der Waals surface area (Å²) >= 11 is 0. The lowest BCUT2D eigenvalue weighted by Gasteiger charge is -2.42. The first-order valence-corrected chi connectivity index (χ1v) is 6.92. The minimum Gasteiger partial charge on any atom is -1.00 e. The number of nitriles is 1. The van der Waals surface area contributed by atoms with E-state index in [1.165, 1.54) is 49.2 Å². The average molecular weight is 322 g/mol. The molecule has 1 spiro atoms. The maximum absolute atomic E-state index is 8.81. The smallest absolute Gasteiger partial charge is 0.0991 e. The van der Waals surface area contributed by atoms with E-state index in [1.54, 1.807) is 0 Å². The van der Waals surface area contributed by atoms with Gasteiger partial charge in [0.1, 0.15) is 0 Å². The summed E-state index contributed by atoms with van der Waals surface area (Å²) < 4.78 is 1.35. The lowest BCUT2D eigenvalue weighted by Crippen LogP contribution is -3.00. The van der Waals surface area contributed by atoms with Crippen LogP contribution >= 0.6 is 0 Å². The van der Waals surface area contributed by atoms with Crippen LogP contribution in [0, 0.1) is 11.3 Å². The van der Waals surface area contributed by atoms with Crippen LogP contribution in [-0.4, -0.2) is 43.8 Å². The zero-order valence-corrected chi connectivity index (χ0v) is 12.8. The highest BCUT2D eigenvalue weighted by Gasteiger charge is 2.35. The van der Waals surface area contributed by atoms with Gasteiger partial charge in [-0.05, 0) is 24.3 Å². The Morgan fingerprint density at radius 3 is 2.05 bits per heavy atom. The van der Waals surface area contributed by atoms with E-state index in [9.17, 15) is 0 Å². The van der Waals surface area contributed by atoms with E-state index in [2.05, 4.69) is 23.1 Å². The molecular formula is C15H20BrN3. The molecule has 0 saturated carbocycles. The van der Waals surface area contributed by atoms with E-state index < -0.39 is 0 Å². The molecule has 0 aliphatic carbocycles. The molecule has 3 rings (SSSR count). The lowest BCUT2D eigenvalue weighted by atomic mass is 10.2. The summed E-state index contributed by atoms with van der Waals surface area (Å²) in [6.45, 7) is 7.68. The number of benzene rings is 1. The van der Waals surface area contributed by atoms with Crippen molar-refractivity contribution in [3.8, 4) is 6.07 Å². The fourth-order valence-electron chi connectivity index (χ4n) is 3.35. The quantitative estimate of drug-likeness (QED) is 0.620. The summed E-state index contributed by atoms with van der Waals surface area (Å²) in [5.74, 6) is 0. The van der Waals surface area contributed by atoms with Crippen LogP contribution in [0.4, 0.5) is 5.69 Å². The summed E-state index contributed by atoms with van der Waals surface area (Å²) in [7, 11) is 0. The number of hydrogen-bond acceptors (Lipinski definition) is 2. The van der Waals surface area contributed by atoms with Gasteiger partial charge in [0.2, 0.25) is 0 Å². The zero-order valence-electron chi connectivity index (χ0n) is 11.2. The third-order valence-corrected chi connectivity index (χ3v) is 4.56. The standard InChI is InChI=1S/C15H20N3.BrH/c16-13-14-3-5-15(6-4-14)17-7-11-18(12-8-17)9-1-2-10-18;/h3-6H,1-2,7-12H2;1H/q+1;/p-1. The normalized spacial score (nSPS) is 20.9. The van der Waals surface area contributed by atoms with Crippen molar-refractivity contribution in [1.29, 1.82) is 5.26 Å². The molecule has 0 radical (unpaired) electrons. The summed E-state index contributed by atoms with van der Waals surface area (Å²) in [6, 6.07) is 10.2. The van der Waals surface area contributed by atoms with Crippen molar-refractivity contribution in [3.63, 3.8) is 0 Å². The molecule has 0 atom stereocenters. The molecule has 2 aliphatic rings. The van der Waals surface area contributed by atoms with E-state index in [4.69, 9.17) is 5.26 Å². The van der Waals surface area contributed by atoms with E-state index >= 15 is 0 Å². The topological polar surface area (TPSA) is 27.0 Å². The third-order valence-electron chi connectivity index (χ3n) is 4.56. The first-order valence-electron chi connectivity index (χ1n) is 6.92.